The fraction of sp³-hybridized carbons (Fsp3) is 0.769. The lowest BCUT2D eigenvalue weighted by atomic mass is 10.0. The summed E-state index contributed by atoms with van der Waals surface area (Å²) in [7, 11) is 0. The SMILES string of the molecule is CCCCCCCCCCCCCCCC(=O)n1c(=O)[nH]c2c(ncn2[C@@H]2O[C@H](CO)[C@@H](O)[C@H]2O)c1=O. The van der Waals surface area contributed by atoms with E-state index in [-0.39, 0.29) is 17.6 Å². The lowest BCUT2D eigenvalue weighted by Gasteiger charge is -2.16. The van der Waals surface area contributed by atoms with Gasteiger partial charge in [-0.25, -0.2) is 9.78 Å². The van der Waals surface area contributed by atoms with Crippen molar-refractivity contribution in [2.45, 2.75) is 121 Å². The number of H-pyrrole nitrogens is 1. The molecule has 11 nitrogen and oxygen atoms in total. The minimum absolute atomic E-state index is 0.0325. The Morgan fingerprint density at radius 1 is 0.946 bits per heavy atom. The van der Waals surface area contributed by atoms with Crippen molar-refractivity contribution >= 4 is 17.1 Å². The molecular weight excluding hydrogens is 480 g/mol. The molecule has 37 heavy (non-hydrogen) atoms. The number of aliphatic hydroxyl groups excluding tert-OH is 3. The van der Waals surface area contributed by atoms with Gasteiger partial charge in [-0.05, 0) is 6.42 Å². The normalized spacial score (nSPS) is 21.7. The molecule has 0 aromatic carbocycles. The maximum Gasteiger partial charge on any atom is 0.337 e. The average molecular weight is 523 g/mol. The number of unbranched alkanes of at least 4 members (excludes halogenated alkanes) is 12. The minimum Gasteiger partial charge on any atom is -0.394 e. The van der Waals surface area contributed by atoms with Crippen molar-refractivity contribution in [3.63, 3.8) is 0 Å². The lowest BCUT2D eigenvalue weighted by Crippen LogP contribution is -2.40. The molecule has 11 heteroatoms. The van der Waals surface area contributed by atoms with Crippen LogP contribution in [-0.2, 0) is 4.74 Å². The summed E-state index contributed by atoms with van der Waals surface area (Å²) < 4.78 is 7.23. The number of fused-ring (bicyclic) bond motifs is 1. The maximum atomic E-state index is 12.9. The van der Waals surface area contributed by atoms with Gasteiger partial charge in [-0.1, -0.05) is 84.0 Å². The van der Waals surface area contributed by atoms with Crippen molar-refractivity contribution in [3.05, 3.63) is 27.2 Å². The van der Waals surface area contributed by atoms with Crippen molar-refractivity contribution in [3.8, 4) is 0 Å². The molecule has 0 aliphatic carbocycles. The second kappa shape index (κ2) is 14.6. The number of carbonyl (C=O) groups excluding carboxylic acids is 1. The molecule has 0 spiro atoms. The summed E-state index contributed by atoms with van der Waals surface area (Å²) in [6, 6.07) is 0. The van der Waals surface area contributed by atoms with Crippen LogP contribution in [0, 0.1) is 0 Å². The molecule has 1 saturated heterocycles. The van der Waals surface area contributed by atoms with Crippen LogP contribution in [0.2, 0.25) is 0 Å². The Morgan fingerprint density at radius 3 is 2.05 bits per heavy atom. The smallest absolute Gasteiger partial charge is 0.337 e. The Balaban J connectivity index is 1.46. The number of aromatic amines is 1. The first-order valence-electron chi connectivity index (χ1n) is 13.8. The number of nitrogens with one attached hydrogen (secondary N) is 1. The molecule has 1 aliphatic rings. The van der Waals surface area contributed by atoms with Crippen LogP contribution in [0.5, 0.6) is 0 Å². The largest absolute Gasteiger partial charge is 0.394 e. The molecule has 4 N–H and O–H groups in total. The van der Waals surface area contributed by atoms with Crippen LogP contribution >= 0.6 is 0 Å². The Bertz CT molecular complexity index is 1110. The molecule has 0 saturated carbocycles. The van der Waals surface area contributed by atoms with Gasteiger partial charge in [-0.3, -0.25) is 19.1 Å². The topological polar surface area (TPSA) is 160 Å². The molecule has 3 rings (SSSR count). The Labute approximate surface area is 216 Å². The molecule has 0 bridgehead atoms. The highest BCUT2D eigenvalue weighted by Crippen LogP contribution is 2.30. The first-order valence-corrected chi connectivity index (χ1v) is 13.8. The molecule has 1 aliphatic heterocycles. The number of aromatic nitrogens is 4. The second-order valence-corrected chi connectivity index (χ2v) is 10.0. The fourth-order valence-electron chi connectivity index (χ4n) is 4.93. The molecule has 0 unspecified atom stereocenters. The summed E-state index contributed by atoms with van der Waals surface area (Å²) in [5.74, 6) is -0.585. The van der Waals surface area contributed by atoms with E-state index in [9.17, 15) is 29.7 Å². The van der Waals surface area contributed by atoms with E-state index in [0.717, 1.165) is 19.3 Å². The minimum atomic E-state index is -1.40. The molecule has 0 radical (unpaired) electrons. The summed E-state index contributed by atoms with van der Waals surface area (Å²) in [6.45, 7) is 1.71. The van der Waals surface area contributed by atoms with E-state index in [2.05, 4.69) is 16.9 Å². The van der Waals surface area contributed by atoms with Crippen molar-refractivity contribution in [1.29, 1.82) is 0 Å². The Morgan fingerprint density at radius 2 is 1.51 bits per heavy atom. The molecular formula is C26H42N4O7. The van der Waals surface area contributed by atoms with Gasteiger partial charge in [0.05, 0.1) is 12.9 Å². The quantitative estimate of drug-likeness (QED) is 0.245. The number of hydrogen-bond acceptors (Lipinski definition) is 8. The summed E-state index contributed by atoms with van der Waals surface area (Å²) in [6.07, 6.45) is 11.6. The van der Waals surface area contributed by atoms with E-state index in [1.807, 2.05) is 0 Å². The van der Waals surface area contributed by atoms with Gasteiger partial charge in [0.1, 0.15) is 24.0 Å². The van der Waals surface area contributed by atoms with E-state index in [1.165, 1.54) is 68.7 Å². The predicted molar refractivity (Wildman–Crippen MR) is 139 cm³/mol. The zero-order valence-electron chi connectivity index (χ0n) is 21.8. The zero-order valence-corrected chi connectivity index (χ0v) is 21.8. The highest BCUT2D eigenvalue weighted by atomic mass is 16.6. The summed E-state index contributed by atoms with van der Waals surface area (Å²) in [5, 5.41) is 29.5. The lowest BCUT2D eigenvalue weighted by molar-refractivity contribution is -0.0511. The Kier molecular flexibility index (Phi) is 11.5. The van der Waals surface area contributed by atoms with Gasteiger partial charge in [0.15, 0.2) is 11.7 Å². The first-order chi connectivity index (χ1) is 17.9. The van der Waals surface area contributed by atoms with Crippen LogP contribution in [0.15, 0.2) is 15.9 Å². The highest BCUT2D eigenvalue weighted by Gasteiger charge is 2.44. The first kappa shape index (κ1) is 29.2. The van der Waals surface area contributed by atoms with Crippen LogP contribution in [0.1, 0.15) is 108 Å². The monoisotopic (exact) mass is 522 g/mol. The van der Waals surface area contributed by atoms with Crippen LogP contribution < -0.4 is 11.2 Å². The number of imidazole rings is 1. The van der Waals surface area contributed by atoms with E-state index in [0.29, 0.717) is 11.0 Å². The van der Waals surface area contributed by atoms with Crippen molar-refractivity contribution < 1.29 is 24.9 Å². The third-order valence-electron chi connectivity index (χ3n) is 7.16. The third-order valence-corrected chi connectivity index (χ3v) is 7.16. The van der Waals surface area contributed by atoms with Gasteiger partial charge in [0, 0.05) is 6.42 Å². The van der Waals surface area contributed by atoms with E-state index >= 15 is 0 Å². The number of nitrogens with zero attached hydrogens (tertiary/aromatic N) is 3. The molecule has 3 heterocycles. The number of hydrogen-bond donors (Lipinski definition) is 4. The van der Waals surface area contributed by atoms with E-state index in [1.54, 1.807) is 0 Å². The molecule has 0 amide bonds. The average Bonchev–Trinajstić information content (AvgIpc) is 3.42. The number of ether oxygens (including phenoxy) is 1. The molecule has 1 fully saturated rings. The van der Waals surface area contributed by atoms with Gasteiger partial charge in [-0.15, -0.1) is 0 Å². The molecule has 4 atom stereocenters. The standard InChI is InChI=1S/C26H42N4O7/c1-2-3-4-5-6-7-8-9-10-11-12-13-14-15-19(32)30-24(35)20-23(28-26(30)36)29(17-27-20)25-22(34)21(33)18(16-31)37-25/h17-18,21-22,25,31,33-34H,2-16H2,1H3,(H,28,36)/t18-,21-,22-,25-/m1/s1. The van der Waals surface area contributed by atoms with Gasteiger partial charge in [0.2, 0.25) is 5.91 Å². The molecule has 208 valence electrons. The van der Waals surface area contributed by atoms with Gasteiger partial charge < -0.3 is 20.1 Å². The third kappa shape index (κ3) is 7.37. The predicted octanol–water partition coefficient (Wildman–Crippen LogP) is 2.62. The summed E-state index contributed by atoms with van der Waals surface area (Å²) in [4.78, 5) is 44.6. The molecule has 2 aromatic heterocycles. The second-order valence-electron chi connectivity index (χ2n) is 10.0. The maximum absolute atomic E-state index is 12.9. The number of rotatable bonds is 16. The van der Waals surface area contributed by atoms with Crippen molar-refractivity contribution in [1.82, 2.24) is 19.1 Å². The van der Waals surface area contributed by atoms with Crippen molar-refractivity contribution in [2.24, 2.45) is 0 Å². The van der Waals surface area contributed by atoms with Crippen molar-refractivity contribution in [2.75, 3.05) is 6.61 Å². The van der Waals surface area contributed by atoms with Crippen LogP contribution in [0.3, 0.4) is 0 Å². The van der Waals surface area contributed by atoms with E-state index in [4.69, 9.17) is 4.74 Å². The number of aliphatic hydroxyl groups is 3. The zero-order chi connectivity index (χ0) is 26.8. The van der Waals surface area contributed by atoms with Gasteiger partial charge in [0.25, 0.3) is 5.56 Å². The van der Waals surface area contributed by atoms with Crippen LogP contribution in [0.25, 0.3) is 11.2 Å². The summed E-state index contributed by atoms with van der Waals surface area (Å²) >= 11 is 0. The van der Waals surface area contributed by atoms with Crippen LogP contribution in [-0.4, -0.2) is 65.2 Å². The van der Waals surface area contributed by atoms with Gasteiger partial charge in [-0.2, -0.15) is 4.57 Å². The fourth-order valence-corrected chi connectivity index (χ4v) is 4.93. The Hall–Kier alpha value is -2.34. The number of carbonyl (C=O) groups is 1. The van der Waals surface area contributed by atoms with E-state index < -0.39 is 48.3 Å². The van der Waals surface area contributed by atoms with Crippen LogP contribution in [0.4, 0.5) is 0 Å². The highest BCUT2D eigenvalue weighted by molar-refractivity contribution is 5.81. The summed E-state index contributed by atoms with van der Waals surface area (Å²) in [5.41, 5.74) is -1.93. The van der Waals surface area contributed by atoms with Gasteiger partial charge >= 0.3 is 5.69 Å². The molecule has 2 aromatic rings.